The molecule has 0 aromatic carbocycles. The van der Waals surface area contributed by atoms with Gasteiger partial charge in [-0.15, -0.1) is 9.79 Å². The van der Waals surface area contributed by atoms with Crippen LogP contribution < -0.4 is 0 Å². The average molecular weight is 221 g/mol. The summed E-state index contributed by atoms with van der Waals surface area (Å²) in [6.45, 7) is 0.916. The fourth-order valence-corrected chi connectivity index (χ4v) is 0.502. The molecule has 0 unspecified atom stereocenters. The van der Waals surface area contributed by atoms with E-state index in [9.17, 15) is 9.36 Å². The molecule has 0 amide bonds. The minimum absolute atomic E-state index is 0.916. The number of carbonyl (C=O) groups excluding carboxylic acids is 1. The third-order valence-corrected chi connectivity index (χ3v) is 0.742. The van der Waals surface area contributed by atoms with Gasteiger partial charge in [0, 0.05) is 11.5 Å². The third kappa shape index (κ3) is 33.4. The molecule has 0 aliphatic rings. The fourth-order valence-electron chi connectivity index (χ4n) is 0.167. The normalized spacial score (nSPS) is 9.42. The minimum Gasteiger partial charge on any atom is -0.371 e. The van der Waals surface area contributed by atoms with Crippen molar-refractivity contribution in [1.29, 1.82) is 0 Å². The summed E-state index contributed by atoms with van der Waals surface area (Å²) < 4.78 is 21.9. The van der Waals surface area contributed by atoms with Crippen LogP contribution in [-0.4, -0.2) is 25.5 Å². The quantitative estimate of drug-likeness (QED) is 0.424. The van der Waals surface area contributed by atoms with E-state index < -0.39 is 22.0 Å². The lowest BCUT2D eigenvalue weighted by molar-refractivity contribution is -0.133. The molecule has 72 valence electrons. The van der Waals surface area contributed by atoms with E-state index in [-0.39, 0.29) is 0 Å². The molecule has 0 bridgehead atoms. The molecular formula is C2H7O8P2+. The smallest absolute Gasteiger partial charge is 0.371 e. The number of rotatable bonds is 1. The Morgan fingerprint density at radius 2 is 1.67 bits per heavy atom. The van der Waals surface area contributed by atoms with E-state index in [4.69, 9.17) is 24.1 Å². The van der Waals surface area contributed by atoms with Crippen molar-refractivity contribution in [2.75, 3.05) is 0 Å². The first kappa shape index (κ1) is 14.2. The highest BCUT2D eigenvalue weighted by Crippen LogP contribution is 2.35. The van der Waals surface area contributed by atoms with Crippen LogP contribution in [0.5, 0.6) is 0 Å². The zero-order valence-electron chi connectivity index (χ0n) is 5.82. The summed E-state index contributed by atoms with van der Waals surface area (Å²) in [6.07, 6.45) is 0. The van der Waals surface area contributed by atoms with E-state index >= 15 is 0 Å². The lowest BCUT2D eigenvalue weighted by Crippen LogP contribution is -1.94. The second-order valence-corrected chi connectivity index (χ2v) is 3.00. The second-order valence-electron chi connectivity index (χ2n) is 1.33. The second kappa shape index (κ2) is 6.19. The Balaban J connectivity index is 0. The van der Waals surface area contributed by atoms with Crippen LogP contribution in [0.25, 0.3) is 0 Å². The molecule has 12 heavy (non-hydrogen) atoms. The van der Waals surface area contributed by atoms with E-state index in [0.717, 1.165) is 6.92 Å². The van der Waals surface area contributed by atoms with Crippen molar-refractivity contribution in [1.82, 2.24) is 0 Å². The summed E-state index contributed by atoms with van der Waals surface area (Å²) in [5.74, 6) is -0.988. The van der Waals surface area contributed by atoms with Gasteiger partial charge in [0.05, 0.1) is 0 Å². The van der Waals surface area contributed by atoms with E-state index in [1.165, 1.54) is 0 Å². The van der Waals surface area contributed by atoms with Gasteiger partial charge >= 0.3 is 22.0 Å². The summed E-state index contributed by atoms with van der Waals surface area (Å²) in [6, 6.07) is 0. The number of hydrogen-bond acceptors (Lipinski definition) is 4. The van der Waals surface area contributed by atoms with E-state index in [2.05, 4.69) is 4.52 Å². The standard InChI is InChI=1S/C2H5O5P.HO3P/c1-2(3)7-8(4,5)6;1-4(2)3/h1H3,(H2,4,5,6);(H-,1,2,3)/p+1. The topological polar surface area (TPSA) is 141 Å². The summed E-state index contributed by atoms with van der Waals surface area (Å²) in [4.78, 5) is 39.7. The predicted octanol–water partition coefficient (Wildman–Crippen LogP) is -0.729. The first-order valence-electron chi connectivity index (χ1n) is 2.26. The molecule has 0 rings (SSSR count). The summed E-state index contributed by atoms with van der Waals surface area (Å²) in [7, 11) is -7.44. The van der Waals surface area contributed by atoms with Crippen LogP contribution in [0.1, 0.15) is 6.92 Å². The number of carbonyl (C=O) groups is 1. The van der Waals surface area contributed by atoms with Gasteiger partial charge in [-0.3, -0.25) is 14.6 Å². The monoisotopic (exact) mass is 221 g/mol. The lowest BCUT2D eigenvalue weighted by Gasteiger charge is -1.98. The van der Waals surface area contributed by atoms with Gasteiger partial charge < -0.3 is 4.52 Å². The van der Waals surface area contributed by atoms with Crippen molar-refractivity contribution in [3.63, 3.8) is 0 Å². The Labute approximate surface area is 68.0 Å². The molecule has 0 spiro atoms. The van der Waals surface area contributed by atoms with Crippen LogP contribution in [0.4, 0.5) is 0 Å². The average Bonchev–Trinajstić information content (AvgIpc) is 1.52. The molecule has 0 saturated heterocycles. The maximum atomic E-state index is 9.74. The van der Waals surface area contributed by atoms with E-state index in [1.807, 2.05) is 0 Å². The van der Waals surface area contributed by atoms with Crippen molar-refractivity contribution in [2.45, 2.75) is 6.92 Å². The molecule has 0 atom stereocenters. The Morgan fingerprint density at radius 3 is 1.67 bits per heavy atom. The molecule has 10 heteroatoms. The third-order valence-electron chi connectivity index (χ3n) is 0.247. The molecular weight excluding hydrogens is 214 g/mol. The van der Waals surface area contributed by atoms with Crippen LogP contribution >= 0.6 is 16.1 Å². The van der Waals surface area contributed by atoms with Gasteiger partial charge in [-0.05, 0) is 0 Å². The van der Waals surface area contributed by atoms with Crippen LogP contribution in [-0.2, 0) is 18.4 Å². The Morgan fingerprint density at radius 1 is 1.42 bits per heavy atom. The molecule has 0 aliphatic heterocycles. The molecule has 0 radical (unpaired) electrons. The highest BCUT2D eigenvalue weighted by molar-refractivity contribution is 7.46. The molecule has 0 aromatic heterocycles. The first-order valence-corrected chi connectivity index (χ1v) is 4.95. The highest BCUT2D eigenvalue weighted by Gasteiger charge is 2.16. The zero-order chi connectivity index (χ0) is 10.4. The minimum atomic E-state index is -4.57. The zero-order valence-corrected chi connectivity index (χ0v) is 7.61. The molecule has 8 nitrogen and oxygen atoms in total. The highest BCUT2D eigenvalue weighted by atomic mass is 31.2. The maximum absolute atomic E-state index is 9.74. The Hall–Kier alpha value is -0.360. The van der Waals surface area contributed by atoms with E-state index in [1.54, 1.807) is 0 Å². The SMILES string of the molecule is CC(=O)OP(=O)(O)O.O=[P+](O)O. The van der Waals surface area contributed by atoms with Crippen LogP contribution in [0.3, 0.4) is 0 Å². The summed E-state index contributed by atoms with van der Waals surface area (Å²) >= 11 is 0. The van der Waals surface area contributed by atoms with Gasteiger partial charge in [-0.1, -0.05) is 0 Å². The van der Waals surface area contributed by atoms with Gasteiger partial charge in [0.2, 0.25) is 0 Å². The van der Waals surface area contributed by atoms with Crippen molar-refractivity contribution in [2.24, 2.45) is 0 Å². The van der Waals surface area contributed by atoms with Crippen LogP contribution in [0.2, 0.25) is 0 Å². The van der Waals surface area contributed by atoms with Gasteiger partial charge in [-0.25, -0.2) is 4.57 Å². The predicted molar refractivity (Wildman–Crippen MR) is 35.9 cm³/mol. The van der Waals surface area contributed by atoms with Crippen molar-refractivity contribution < 1.29 is 38.0 Å². The molecule has 0 aliphatic carbocycles. The number of phosphoric acid groups is 1. The van der Waals surface area contributed by atoms with Crippen molar-refractivity contribution in [3.8, 4) is 0 Å². The molecule has 4 N–H and O–H groups in total. The Kier molecular flexibility index (Phi) is 7.31. The fraction of sp³-hybridized carbons (Fsp3) is 0.500. The molecule has 0 fully saturated rings. The largest absolute Gasteiger partial charge is 0.692 e. The molecule has 0 saturated carbocycles. The van der Waals surface area contributed by atoms with Gasteiger partial charge in [0.1, 0.15) is 0 Å². The van der Waals surface area contributed by atoms with Crippen molar-refractivity contribution >= 4 is 22.0 Å². The first-order chi connectivity index (χ1) is 5.15. The summed E-state index contributed by atoms with van der Waals surface area (Å²) in [5, 5.41) is 0. The number of phosphoric ester groups is 1. The van der Waals surface area contributed by atoms with Gasteiger partial charge in [0.25, 0.3) is 0 Å². The van der Waals surface area contributed by atoms with Gasteiger partial charge in [-0.2, -0.15) is 0 Å². The molecule has 0 aromatic rings. The lowest BCUT2D eigenvalue weighted by atomic mass is 10.9. The maximum Gasteiger partial charge on any atom is 0.692 e. The van der Waals surface area contributed by atoms with Gasteiger partial charge in [0.15, 0.2) is 0 Å². The number of hydrogen-bond donors (Lipinski definition) is 4. The van der Waals surface area contributed by atoms with E-state index in [0.29, 0.717) is 0 Å². The van der Waals surface area contributed by atoms with Crippen molar-refractivity contribution in [3.05, 3.63) is 0 Å². The van der Waals surface area contributed by atoms with Crippen LogP contribution in [0.15, 0.2) is 0 Å². The Bertz CT molecular complexity index is 199. The molecule has 0 heterocycles. The summed E-state index contributed by atoms with van der Waals surface area (Å²) in [5.41, 5.74) is 0. The van der Waals surface area contributed by atoms with Crippen LogP contribution in [0, 0.1) is 0 Å².